The summed E-state index contributed by atoms with van der Waals surface area (Å²) in [7, 11) is 2.06. The molecule has 9 rings (SSSR count). The van der Waals surface area contributed by atoms with E-state index in [1.165, 1.54) is 5.56 Å². The second-order valence-electron chi connectivity index (χ2n) is 13.0. The molecule has 0 aliphatic carbocycles. The molecule has 11 nitrogen and oxygen atoms in total. The Balaban J connectivity index is 1.19. The summed E-state index contributed by atoms with van der Waals surface area (Å²) >= 11 is 0. The first-order chi connectivity index (χ1) is 22.5. The average molecular weight is 628 g/mol. The predicted octanol–water partition coefficient (Wildman–Crippen LogP) is 3.13. The van der Waals surface area contributed by atoms with Crippen molar-refractivity contribution in [2.75, 3.05) is 95.9 Å². The minimum Gasteiger partial charge on any atom is -0.378 e. The van der Waals surface area contributed by atoms with Crippen molar-refractivity contribution in [1.82, 2.24) is 35.0 Å². The van der Waals surface area contributed by atoms with E-state index in [2.05, 4.69) is 79.5 Å². The highest BCUT2D eigenvalue weighted by Gasteiger charge is 2.29. The van der Waals surface area contributed by atoms with Crippen molar-refractivity contribution in [3.05, 3.63) is 60.4 Å². The van der Waals surface area contributed by atoms with E-state index in [1.807, 2.05) is 18.3 Å². The highest BCUT2D eigenvalue weighted by Crippen LogP contribution is 2.23. The van der Waals surface area contributed by atoms with Crippen molar-refractivity contribution in [2.24, 2.45) is 5.92 Å². The fourth-order valence-electron chi connectivity index (χ4n) is 6.56. The molecule has 6 aliphatic heterocycles. The van der Waals surface area contributed by atoms with Crippen molar-refractivity contribution in [3.63, 3.8) is 0 Å². The third-order valence-corrected chi connectivity index (χ3v) is 9.48. The number of ether oxygens (including phenoxy) is 1. The molecule has 0 spiro atoms. The zero-order valence-electron chi connectivity index (χ0n) is 27.4. The maximum absolute atomic E-state index is 13.4. The molecule has 11 heteroatoms. The average Bonchev–Trinajstić information content (AvgIpc) is 3.08. The molecule has 2 aromatic heterocycles. The summed E-state index contributed by atoms with van der Waals surface area (Å²) in [5, 5.41) is 6.83. The van der Waals surface area contributed by atoms with Crippen LogP contribution in [0.15, 0.2) is 54.9 Å². The molecular weight excluding hydrogens is 578 g/mol. The number of benzene rings is 1. The van der Waals surface area contributed by atoms with E-state index in [-0.39, 0.29) is 12.0 Å². The van der Waals surface area contributed by atoms with Crippen LogP contribution in [0.2, 0.25) is 0 Å². The largest absolute Gasteiger partial charge is 0.378 e. The zero-order valence-corrected chi connectivity index (χ0v) is 27.4. The van der Waals surface area contributed by atoms with Gasteiger partial charge in [0.2, 0.25) is 5.95 Å². The number of hydrogen-bond donors (Lipinski definition) is 2. The Morgan fingerprint density at radius 3 is 2.74 bits per heavy atom. The minimum atomic E-state index is 0.0271. The lowest BCUT2D eigenvalue weighted by molar-refractivity contribution is -0.124. The number of nitrogens with zero attached hydrogens (tertiary/aromatic N) is 7. The summed E-state index contributed by atoms with van der Waals surface area (Å²) in [4.78, 5) is 36.8. The number of piperazine rings is 2. The molecule has 4 unspecified atom stereocenters. The van der Waals surface area contributed by atoms with Gasteiger partial charge in [-0.15, -0.1) is 0 Å². The van der Waals surface area contributed by atoms with Gasteiger partial charge in [-0.1, -0.05) is 19.1 Å². The number of aromatic nitrogens is 3. The van der Waals surface area contributed by atoms with E-state index in [1.54, 1.807) is 6.20 Å². The maximum Gasteiger partial charge on any atom is 0.227 e. The summed E-state index contributed by atoms with van der Waals surface area (Å²) in [6.07, 6.45) is 5.45. The lowest BCUT2D eigenvalue weighted by Crippen LogP contribution is -2.55. The number of anilines is 3. The molecule has 2 N–H and O–H groups in total. The number of nitrogens with one attached hydrogen (secondary N) is 2. The van der Waals surface area contributed by atoms with Crippen LogP contribution in [-0.4, -0.2) is 127 Å². The first-order valence-electron chi connectivity index (χ1n) is 16.9. The fourth-order valence-corrected chi connectivity index (χ4v) is 6.56. The molecule has 6 aliphatic rings. The van der Waals surface area contributed by atoms with E-state index in [0.717, 1.165) is 108 Å². The Morgan fingerprint density at radius 1 is 1.00 bits per heavy atom. The number of hydrogen-bond acceptors (Lipinski definition) is 11. The van der Waals surface area contributed by atoms with Crippen LogP contribution >= 0.6 is 0 Å². The SMILES string of the molecule is CC1CCCN(C)c2ccc(cn2)-c2ccnc(n2)Nc2cccc(c2)CN2CCN(CC1=O)CC2COCCN1CCNCC1. The smallest absolute Gasteiger partial charge is 0.227 e. The fraction of sp³-hybridized carbons (Fsp3) is 0.543. The lowest BCUT2D eigenvalue weighted by Gasteiger charge is -2.41. The Morgan fingerprint density at radius 2 is 1.89 bits per heavy atom. The van der Waals surface area contributed by atoms with Gasteiger partial charge in [-0.05, 0) is 48.7 Å². The lowest BCUT2D eigenvalue weighted by atomic mass is 9.99. The van der Waals surface area contributed by atoms with Gasteiger partial charge in [-0.25, -0.2) is 15.0 Å². The second kappa shape index (κ2) is 15.9. The van der Waals surface area contributed by atoms with Gasteiger partial charge in [0.05, 0.1) is 25.5 Å². The van der Waals surface area contributed by atoms with Crippen molar-refractivity contribution in [2.45, 2.75) is 32.4 Å². The van der Waals surface area contributed by atoms with Gasteiger partial charge in [-0.3, -0.25) is 19.5 Å². The van der Waals surface area contributed by atoms with E-state index < -0.39 is 0 Å². The summed E-state index contributed by atoms with van der Waals surface area (Å²) in [5.41, 5.74) is 3.92. The van der Waals surface area contributed by atoms with Gasteiger partial charge < -0.3 is 20.3 Å². The van der Waals surface area contributed by atoms with E-state index in [4.69, 9.17) is 14.7 Å². The van der Waals surface area contributed by atoms with Crippen LogP contribution in [0.25, 0.3) is 11.3 Å². The Hall–Kier alpha value is -3.48. The van der Waals surface area contributed by atoms with Gasteiger partial charge >= 0.3 is 0 Å². The van der Waals surface area contributed by atoms with Crippen LogP contribution in [0.5, 0.6) is 0 Å². The number of carbonyl (C=O) groups excluding carboxylic acids is 1. The van der Waals surface area contributed by atoms with E-state index in [9.17, 15) is 4.79 Å². The number of Topliss-reactive ketones (excluding diaryl/α,β-unsaturated/α-hetero) is 1. The highest BCUT2D eigenvalue weighted by atomic mass is 16.5. The molecule has 246 valence electrons. The molecule has 0 amide bonds. The van der Waals surface area contributed by atoms with Crippen molar-refractivity contribution >= 4 is 23.2 Å². The summed E-state index contributed by atoms with van der Waals surface area (Å²) in [6.45, 7) is 13.4. The third kappa shape index (κ3) is 8.86. The zero-order chi connectivity index (χ0) is 31.7. The molecule has 2 fully saturated rings. The molecular formula is C35H49N9O2. The molecule has 3 aromatic rings. The molecule has 8 bridgehead atoms. The number of pyridine rings is 1. The third-order valence-electron chi connectivity index (χ3n) is 9.48. The Bertz CT molecular complexity index is 1420. The minimum absolute atomic E-state index is 0.0271. The van der Waals surface area contributed by atoms with Crippen LogP contribution in [-0.2, 0) is 16.1 Å². The molecule has 8 heterocycles. The van der Waals surface area contributed by atoms with Crippen LogP contribution < -0.4 is 15.5 Å². The van der Waals surface area contributed by atoms with Crippen molar-refractivity contribution in [3.8, 4) is 11.3 Å². The molecule has 0 saturated carbocycles. The normalized spacial score (nSPS) is 24.9. The molecule has 2 saturated heterocycles. The van der Waals surface area contributed by atoms with E-state index >= 15 is 0 Å². The Kier molecular flexibility index (Phi) is 11.2. The Labute approximate surface area is 273 Å². The van der Waals surface area contributed by atoms with Gasteiger partial charge in [-0.2, -0.15) is 0 Å². The topological polar surface area (TPSA) is 102 Å². The van der Waals surface area contributed by atoms with Gasteiger partial charge in [0.1, 0.15) is 11.6 Å². The standard InChI is InChI=1S/C35H49N9O2/c1-27-5-4-14-41(2)34-9-8-29(22-38-34)32-10-11-37-35(40-32)39-30-7-3-6-28(21-30)23-44-18-17-43(25-33(27)45)24-31(44)26-46-20-19-42-15-12-36-13-16-42/h3,6-11,21-22,27,31,36H,4-5,12-20,23-26H2,1-2H3,(H,37,39,40). The molecule has 0 radical (unpaired) electrons. The van der Waals surface area contributed by atoms with Crippen LogP contribution in [0.3, 0.4) is 0 Å². The molecule has 46 heavy (non-hydrogen) atoms. The van der Waals surface area contributed by atoms with Crippen LogP contribution in [0, 0.1) is 5.92 Å². The van der Waals surface area contributed by atoms with Crippen molar-refractivity contribution in [1.29, 1.82) is 0 Å². The summed E-state index contributed by atoms with van der Waals surface area (Å²) < 4.78 is 6.31. The van der Waals surface area contributed by atoms with Gasteiger partial charge in [0.15, 0.2) is 0 Å². The number of rotatable bonds is 5. The van der Waals surface area contributed by atoms with E-state index in [0.29, 0.717) is 24.9 Å². The second-order valence-corrected chi connectivity index (χ2v) is 13.0. The monoisotopic (exact) mass is 627 g/mol. The predicted molar refractivity (Wildman–Crippen MR) is 182 cm³/mol. The highest BCUT2D eigenvalue weighted by molar-refractivity contribution is 5.82. The first-order valence-corrected chi connectivity index (χ1v) is 16.9. The number of ketones is 1. The van der Waals surface area contributed by atoms with Crippen LogP contribution in [0.4, 0.5) is 17.5 Å². The molecule has 1 aromatic carbocycles. The van der Waals surface area contributed by atoms with Gasteiger partial charge in [0.25, 0.3) is 0 Å². The first kappa shape index (κ1) is 32.5. The maximum atomic E-state index is 13.4. The quantitative estimate of drug-likeness (QED) is 0.408. The van der Waals surface area contributed by atoms with Crippen LogP contribution in [0.1, 0.15) is 25.3 Å². The summed E-state index contributed by atoms with van der Waals surface area (Å²) in [5.74, 6) is 1.82. The summed E-state index contributed by atoms with van der Waals surface area (Å²) in [6, 6.07) is 14.7. The van der Waals surface area contributed by atoms with Gasteiger partial charge in [0, 0.05) is 108 Å². The number of carbonyl (C=O) groups is 1. The molecule has 4 atom stereocenters. The van der Waals surface area contributed by atoms with Crippen molar-refractivity contribution < 1.29 is 9.53 Å².